The van der Waals surface area contributed by atoms with Gasteiger partial charge >= 0.3 is 12.0 Å². The summed E-state index contributed by atoms with van der Waals surface area (Å²) in [5.74, 6) is -0.437. The van der Waals surface area contributed by atoms with Crippen LogP contribution >= 0.6 is 0 Å². The summed E-state index contributed by atoms with van der Waals surface area (Å²) in [7, 11) is 0. The number of hydrogen-bond donors (Lipinski definition) is 3. The molecule has 19 heavy (non-hydrogen) atoms. The number of carbonyl (C=O) groups is 2. The van der Waals surface area contributed by atoms with Gasteiger partial charge in [-0.3, -0.25) is 4.79 Å². The van der Waals surface area contributed by atoms with Gasteiger partial charge in [0, 0.05) is 19.3 Å². The Hall–Kier alpha value is -2.05. The molecular formula is C12H20N4O3. The lowest BCUT2D eigenvalue weighted by Gasteiger charge is -2.11. The van der Waals surface area contributed by atoms with Crippen molar-refractivity contribution in [2.45, 2.75) is 33.4 Å². The summed E-state index contributed by atoms with van der Waals surface area (Å²) in [5, 5.41) is 13.6. The number of imidazole rings is 1. The molecule has 0 fully saturated rings. The van der Waals surface area contributed by atoms with Crippen LogP contribution in [0.5, 0.6) is 0 Å². The van der Waals surface area contributed by atoms with Gasteiger partial charge in [-0.2, -0.15) is 0 Å². The number of hydrogen-bond acceptors (Lipinski definition) is 3. The summed E-state index contributed by atoms with van der Waals surface area (Å²) in [6.45, 7) is 5.54. The highest BCUT2D eigenvalue weighted by Crippen LogP contribution is 2.04. The van der Waals surface area contributed by atoms with Gasteiger partial charge < -0.3 is 20.3 Å². The topological polar surface area (TPSA) is 96.3 Å². The first-order valence-electron chi connectivity index (χ1n) is 6.21. The highest BCUT2D eigenvalue weighted by atomic mass is 16.4. The minimum atomic E-state index is -0.935. The summed E-state index contributed by atoms with van der Waals surface area (Å²) in [6, 6.07) is -0.376. The number of nitrogens with one attached hydrogen (secondary N) is 2. The van der Waals surface area contributed by atoms with E-state index in [-0.39, 0.29) is 19.0 Å². The quantitative estimate of drug-likeness (QED) is 0.682. The van der Waals surface area contributed by atoms with Crippen molar-refractivity contribution in [3.63, 3.8) is 0 Å². The van der Waals surface area contributed by atoms with Gasteiger partial charge in [0.1, 0.15) is 0 Å². The van der Waals surface area contributed by atoms with Crippen molar-refractivity contribution in [2.75, 3.05) is 6.54 Å². The molecule has 1 aromatic rings. The molecule has 0 saturated heterocycles. The van der Waals surface area contributed by atoms with E-state index >= 15 is 0 Å². The maximum absolute atomic E-state index is 11.4. The van der Waals surface area contributed by atoms with Gasteiger partial charge in [0.15, 0.2) is 0 Å². The Balaban J connectivity index is 2.33. The average Bonchev–Trinajstić information content (AvgIpc) is 2.72. The molecule has 0 saturated carbocycles. The molecule has 0 aliphatic heterocycles. The highest BCUT2D eigenvalue weighted by Gasteiger charge is 2.06. The maximum atomic E-state index is 11.4. The Bertz CT molecular complexity index is 428. The van der Waals surface area contributed by atoms with Crippen molar-refractivity contribution < 1.29 is 14.7 Å². The molecule has 1 aromatic heterocycles. The zero-order chi connectivity index (χ0) is 14.3. The number of aliphatic carboxylic acids is 1. The number of amides is 2. The fourth-order valence-electron chi connectivity index (χ4n) is 1.57. The number of carboxylic acid groups (broad SMARTS) is 1. The van der Waals surface area contributed by atoms with Crippen LogP contribution in [-0.2, 0) is 17.9 Å². The van der Waals surface area contributed by atoms with Crippen LogP contribution in [0, 0.1) is 5.92 Å². The van der Waals surface area contributed by atoms with Crippen LogP contribution in [-0.4, -0.2) is 33.2 Å². The van der Waals surface area contributed by atoms with Crippen LogP contribution in [0.15, 0.2) is 12.5 Å². The van der Waals surface area contributed by atoms with E-state index in [4.69, 9.17) is 5.11 Å². The van der Waals surface area contributed by atoms with E-state index in [0.717, 1.165) is 12.2 Å². The number of aromatic nitrogens is 2. The fourth-order valence-corrected chi connectivity index (χ4v) is 1.57. The van der Waals surface area contributed by atoms with E-state index in [0.29, 0.717) is 12.5 Å². The second-order valence-corrected chi connectivity index (χ2v) is 4.68. The number of carboxylic acids is 1. The van der Waals surface area contributed by atoms with E-state index in [1.54, 1.807) is 12.5 Å². The molecule has 0 radical (unpaired) electrons. The highest BCUT2D eigenvalue weighted by molar-refractivity contribution is 5.74. The van der Waals surface area contributed by atoms with Crippen LogP contribution in [0.25, 0.3) is 0 Å². The molecular weight excluding hydrogens is 248 g/mol. The van der Waals surface area contributed by atoms with Crippen LogP contribution in [0.3, 0.4) is 0 Å². The molecule has 0 atom stereocenters. The Labute approximate surface area is 112 Å². The first-order chi connectivity index (χ1) is 8.99. The first kappa shape index (κ1) is 15.0. The molecule has 0 aromatic carbocycles. The summed E-state index contributed by atoms with van der Waals surface area (Å²) in [6.07, 6.45) is 3.36. The third kappa shape index (κ3) is 5.89. The second kappa shape index (κ2) is 7.40. The first-order valence-corrected chi connectivity index (χ1v) is 6.21. The SMILES string of the molecule is CC(C)Cn1cncc1CNC(=O)NCCC(=O)O. The summed E-state index contributed by atoms with van der Waals surface area (Å²) in [5.41, 5.74) is 0.919. The van der Waals surface area contributed by atoms with Crippen LogP contribution in [0.2, 0.25) is 0 Å². The van der Waals surface area contributed by atoms with Crippen molar-refractivity contribution in [1.82, 2.24) is 20.2 Å². The molecule has 0 unspecified atom stereocenters. The largest absolute Gasteiger partial charge is 0.481 e. The molecule has 1 heterocycles. The Morgan fingerprint density at radius 1 is 1.42 bits per heavy atom. The predicted molar refractivity (Wildman–Crippen MR) is 69.6 cm³/mol. The lowest BCUT2D eigenvalue weighted by molar-refractivity contribution is -0.136. The number of rotatable bonds is 7. The summed E-state index contributed by atoms with van der Waals surface area (Å²) < 4.78 is 1.99. The van der Waals surface area contributed by atoms with Crippen molar-refractivity contribution in [1.29, 1.82) is 0 Å². The van der Waals surface area contributed by atoms with Crippen molar-refractivity contribution >= 4 is 12.0 Å². The van der Waals surface area contributed by atoms with E-state index in [1.165, 1.54) is 0 Å². The Kier molecular flexibility index (Phi) is 5.84. The van der Waals surface area contributed by atoms with E-state index < -0.39 is 5.97 Å². The van der Waals surface area contributed by atoms with Crippen LogP contribution in [0.1, 0.15) is 26.0 Å². The van der Waals surface area contributed by atoms with E-state index in [2.05, 4.69) is 29.5 Å². The van der Waals surface area contributed by atoms with Crippen LogP contribution < -0.4 is 10.6 Å². The standard InChI is InChI=1S/C12H20N4O3/c1-9(2)7-16-8-13-5-10(16)6-15-12(19)14-4-3-11(17)18/h5,8-9H,3-4,6-7H2,1-2H3,(H,17,18)(H2,14,15,19). The lowest BCUT2D eigenvalue weighted by Crippen LogP contribution is -2.36. The number of urea groups is 1. The van der Waals surface area contributed by atoms with Gasteiger partial charge in [0.25, 0.3) is 0 Å². The van der Waals surface area contributed by atoms with Gasteiger partial charge in [-0.15, -0.1) is 0 Å². The van der Waals surface area contributed by atoms with Crippen molar-refractivity contribution in [3.8, 4) is 0 Å². The van der Waals surface area contributed by atoms with Crippen molar-refractivity contribution in [2.24, 2.45) is 5.92 Å². The van der Waals surface area contributed by atoms with Gasteiger partial charge in [-0.05, 0) is 5.92 Å². The van der Waals surface area contributed by atoms with Gasteiger partial charge in [-0.1, -0.05) is 13.8 Å². The third-order valence-electron chi connectivity index (χ3n) is 2.41. The molecule has 7 nitrogen and oxygen atoms in total. The summed E-state index contributed by atoms with van der Waals surface area (Å²) in [4.78, 5) is 25.7. The van der Waals surface area contributed by atoms with Crippen molar-refractivity contribution in [3.05, 3.63) is 18.2 Å². The normalized spacial score (nSPS) is 10.5. The van der Waals surface area contributed by atoms with Gasteiger partial charge in [-0.25, -0.2) is 9.78 Å². The molecule has 0 aliphatic rings. The van der Waals surface area contributed by atoms with E-state index in [9.17, 15) is 9.59 Å². The minimum Gasteiger partial charge on any atom is -0.481 e. The van der Waals surface area contributed by atoms with E-state index in [1.807, 2.05) is 4.57 Å². The van der Waals surface area contributed by atoms with Gasteiger partial charge in [0.05, 0.1) is 25.0 Å². The smallest absolute Gasteiger partial charge is 0.315 e. The molecule has 3 N–H and O–H groups in total. The monoisotopic (exact) mass is 268 g/mol. The molecule has 2 amide bonds. The zero-order valence-electron chi connectivity index (χ0n) is 11.2. The minimum absolute atomic E-state index is 0.0846. The number of carbonyl (C=O) groups excluding carboxylic acids is 1. The fraction of sp³-hybridized carbons (Fsp3) is 0.583. The third-order valence-corrected chi connectivity index (χ3v) is 2.41. The Morgan fingerprint density at radius 3 is 2.79 bits per heavy atom. The average molecular weight is 268 g/mol. The zero-order valence-corrected chi connectivity index (χ0v) is 11.2. The lowest BCUT2D eigenvalue weighted by atomic mass is 10.2. The molecule has 106 valence electrons. The predicted octanol–water partition coefficient (Wildman–Crippen LogP) is 0.813. The second-order valence-electron chi connectivity index (χ2n) is 4.68. The van der Waals surface area contributed by atoms with Gasteiger partial charge in [0.2, 0.25) is 0 Å². The molecule has 1 rings (SSSR count). The number of nitrogens with zero attached hydrogens (tertiary/aromatic N) is 2. The maximum Gasteiger partial charge on any atom is 0.315 e. The molecule has 0 spiro atoms. The Morgan fingerprint density at radius 2 is 2.16 bits per heavy atom. The molecule has 7 heteroatoms. The molecule has 0 aliphatic carbocycles. The van der Waals surface area contributed by atoms with Crippen LogP contribution in [0.4, 0.5) is 4.79 Å². The molecule has 0 bridgehead atoms. The summed E-state index contributed by atoms with van der Waals surface area (Å²) >= 11 is 0.